The molecular formula is C21H33N3O2. The molecule has 1 aromatic carbocycles. The van der Waals surface area contributed by atoms with Crippen LogP contribution in [0.3, 0.4) is 0 Å². The van der Waals surface area contributed by atoms with Crippen molar-refractivity contribution in [3.05, 3.63) is 29.8 Å². The number of amides is 1. The summed E-state index contributed by atoms with van der Waals surface area (Å²) in [6.07, 6.45) is 5.91. The molecule has 1 atom stereocenters. The summed E-state index contributed by atoms with van der Waals surface area (Å²) in [5, 5.41) is 3.24. The first-order valence-electron chi connectivity index (χ1n) is 9.82. The quantitative estimate of drug-likeness (QED) is 0.811. The van der Waals surface area contributed by atoms with Crippen LogP contribution in [-0.2, 0) is 10.2 Å². The van der Waals surface area contributed by atoms with Crippen LogP contribution in [0.2, 0.25) is 0 Å². The number of carbonyl (C=O) groups is 1. The van der Waals surface area contributed by atoms with Crippen LogP contribution in [0.25, 0.3) is 0 Å². The third-order valence-electron chi connectivity index (χ3n) is 6.23. The molecule has 0 aromatic heterocycles. The summed E-state index contributed by atoms with van der Waals surface area (Å²) in [4.78, 5) is 17.1. The molecule has 5 heteroatoms. The van der Waals surface area contributed by atoms with Crippen molar-refractivity contribution < 1.29 is 9.53 Å². The molecule has 144 valence electrons. The molecule has 1 saturated heterocycles. The van der Waals surface area contributed by atoms with Crippen molar-refractivity contribution in [3.8, 4) is 5.75 Å². The van der Waals surface area contributed by atoms with Crippen LogP contribution < -0.4 is 10.1 Å². The maximum Gasteiger partial charge on any atom is 0.234 e. The molecule has 3 rings (SSSR count). The smallest absolute Gasteiger partial charge is 0.234 e. The minimum atomic E-state index is 0.0825. The molecule has 1 aliphatic carbocycles. The van der Waals surface area contributed by atoms with E-state index in [4.69, 9.17) is 4.74 Å². The summed E-state index contributed by atoms with van der Waals surface area (Å²) in [7, 11) is 5.93. The van der Waals surface area contributed by atoms with Gasteiger partial charge < -0.3 is 15.0 Å². The second-order valence-electron chi connectivity index (χ2n) is 8.13. The van der Waals surface area contributed by atoms with Gasteiger partial charge in [-0.1, -0.05) is 25.0 Å². The zero-order chi connectivity index (χ0) is 18.6. The summed E-state index contributed by atoms with van der Waals surface area (Å²) < 4.78 is 5.28. The molecular weight excluding hydrogens is 326 g/mol. The highest BCUT2D eigenvalue weighted by molar-refractivity contribution is 5.78. The van der Waals surface area contributed by atoms with E-state index in [1.54, 1.807) is 7.11 Å². The Bertz CT molecular complexity index is 594. The van der Waals surface area contributed by atoms with E-state index >= 15 is 0 Å². The van der Waals surface area contributed by atoms with Crippen molar-refractivity contribution in [2.45, 2.75) is 43.6 Å². The van der Waals surface area contributed by atoms with E-state index in [-0.39, 0.29) is 11.3 Å². The molecule has 0 bridgehead atoms. The first-order valence-corrected chi connectivity index (χ1v) is 9.82. The molecule has 2 aliphatic rings. The van der Waals surface area contributed by atoms with Crippen LogP contribution in [0, 0.1) is 0 Å². The average Bonchev–Trinajstić information content (AvgIpc) is 3.30. The van der Waals surface area contributed by atoms with Gasteiger partial charge in [-0.3, -0.25) is 9.69 Å². The first-order chi connectivity index (χ1) is 12.5. The molecule has 1 aromatic rings. The van der Waals surface area contributed by atoms with Gasteiger partial charge in [0.2, 0.25) is 5.91 Å². The number of benzene rings is 1. The van der Waals surface area contributed by atoms with Crippen LogP contribution in [0.15, 0.2) is 24.3 Å². The molecule has 26 heavy (non-hydrogen) atoms. The number of hydrogen-bond donors (Lipinski definition) is 1. The van der Waals surface area contributed by atoms with Gasteiger partial charge in [0.15, 0.2) is 0 Å². The predicted octanol–water partition coefficient (Wildman–Crippen LogP) is 2.26. The lowest BCUT2D eigenvalue weighted by atomic mass is 9.78. The zero-order valence-electron chi connectivity index (χ0n) is 16.5. The minimum Gasteiger partial charge on any atom is -0.497 e. The Morgan fingerprint density at radius 2 is 1.96 bits per heavy atom. The topological polar surface area (TPSA) is 44.8 Å². The van der Waals surface area contributed by atoms with E-state index in [9.17, 15) is 4.79 Å². The molecule has 0 radical (unpaired) electrons. The SMILES string of the molecule is COc1ccc(C2(CNC(=O)CN3CC[C@H](N(C)C)C3)CCCC2)cc1. The number of likely N-dealkylation sites (tertiary alicyclic amines) is 1. The number of ether oxygens (including phenoxy) is 1. The fourth-order valence-electron chi connectivity index (χ4n) is 4.47. The number of nitrogens with one attached hydrogen (secondary N) is 1. The summed E-state index contributed by atoms with van der Waals surface area (Å²) in [6, 6.07) is 8.96. The Balaban J connectivity index is 1.56. The molecule has 0 spiro atoms. The van der Waals surface area contributed by atoms with Gasteiger partial charge in [-0.2, -0.15) is 0 Å². The summed E-state index contributed by atoms with van der Waals surface area (Å²) in [6.45, 7) is 3.26. The molecule has 1 heterocycles. The van der Waals surface area contributed by atoms with Crippen molar-refractivity contribution in [1.29, 1.82) is 0 Å². The first kappa shape index (κ1) is 19.2. The van der Waals surface area contributed by atoms with Crippen LogP contribution in [0.4, 0.5) is 0 Å². The Morgan fingerprint density at radius 1 is 1.27 bits per heavy atom. The van der Waals surface area contributed by atoms with Gasteiger partial charge >= 0.3 is 0 Å². The second-order valence-corrected chi connectivity index (χ2v) is 8.13. The van der Waals surface area contributed by atoms with Gasteiger partial charge in [-0.05, 0) is 51.1 Å². The van der Waals surface area contributed by atoms with Gasteiger partial charge in [0.1, 0.15) is 5.75 Å². The van der Waals surface area contributed by atoms with E-state index in [1.807, 2.05) is 12.1 Å². The van der Waals surface area contributed by atoms with Crippen molar-refractivity contribution in [2.75, 3.05) is 47.4 Å². The monoisotopic (exact) mass is 359 g/mol. The Kier molecular flexibility index (Phi) is 6.20. The lowest BCUT2D eigenvalue weighted by Crippen LogP contribution is -2.43. The van der Waals surface area contributed by atoms with E-state index in [2.05, 4.69) is 41.3 Å². The Morgan fingerprint density at radius 3 is 2.54 bits per heavy atom. The van der Waals surface area contributed by atoms with Gasteiger partial charge in [-0.15, -0.1) is 0 Å². The Labute approximate surface area is 157 Å². The minimum absolute atomic E-state index is 0.0825. The summed E-state index contributed by atoms with van der Waals surface area (Å²) >= 11 is 0. The third-order valence-corrected chi connectivity index (χ3v) is 6.23. The van der Waals surface area contributed by atoms with Crippen molar-refractivity contribution in [3.63, 3.8) is 0 Å². The number of hydrogen-bond acceptors (Lipinski definition) is 4. The Hall–Kier alpha value is -1.59. The number of nitrogens with zero attached hydrogens (tertiary/aromatic N) is 2. The predicted molar refractivity (Wildman–Crippen MR) is 105 cm³/mol. The molecule has 1 aliphatic heterocycles. The molecule has 1 N–H and O–H groups in total. The van der Waals surface area contributed by atoms with E-state index in [0.717, 1.165) is 44.6 Å². The van der Waals surface area contributed by atoms with Crippen LogP contribution >= 0.6 is 0 Å². The van der Waals surface area contributed by atoms with Crippen molar-refractivity contribution in [1.82, 2.24) is 15.1 Å². The average molecular weight is 360 g/mol. The lowest BCUT2D eigenvalue weighted by Gasteiger charge is -2.30. The number of carbonyl (C=O) groups excluding carboxylic acids is 1. The van der Waals surface area contributed by atoms with Crippen LogP contribution in [0.5, 0.6) is 5.75 Å². The number of likely N-dealkylation sites (N-methyl/N-ethyl adjacent to an activating group) is 1. The number of rotatable bonds is 7. The maximum absolute atomic E-state index is 12.5. The third kappa shape index (κ3) is 4.38. The van der Waals surface area contributed by atoms with Gasteiger partial charge in [-0.25, -0.2) is 0 Å². The highest BCUT2D eigenvalue weighted by atomic mass is 16.5. The maximum atomic E-state index is 12.5. The lowest BCUT2D eigenvalue weighted by molar-refractivity contribution is -0.122. The summed E-state index contributed by atoms with van der Waals surface area (Å²) in [5.74, 6) is 1.04. The highest BCUT2D eigenvalue weighted by Gasteiger charge is 2.36. The van der Waals surface area contributed by atoms with Crippen LogP contribution in [-0.4, -0.2) is 69.1 Å². The van der Waals surface area contributed by atoms with Gasteiger partial charge in [0, 0.05) is 31.1 Å². The van der Waals surface area contributed by atoms with E-state index < -0.39 is 0 Å². The summed E-state index contributed by atoms with van der Waals surface area (Å²) in [5.41, 5.74) is 1.41. The number of methoxy groups -OCH3 is 1. The largest absolute Gasteiger partial charge is 0.497 e. The zero-order valence-corrected chi connectivity index (χ0v) is 16.5. The second kappa shape index (κ2) is 8.40. The van der Waals surface area contributed by atoms with Gasteiger partial charge in [0.05, 0.1) is 13.7 Å². The fraction of sp³-hybridized carbons (Fsp3) is 0.667. The molecule has 1 amide bonds. The molecule has 5 nitrogen and oxygen atoms in total. The van der Waals surface area contributed by atoms with E-state index in [0.29, 0.717) is 12.6 Å². The molecule has 2 fully saturated rings. The van der Waals surface area contributed by atoms with Crippen molar-refractivity contribution in [2.24, 2.45) is 0 Å². The standard InChI is InChI=1S/C21H33N3O2/c1-23(2)18-10-13-24(14-18)15-20(25)22-16-21(11-4-5-12-21)17-6-8-19(26-3)9-7-17/h6-9,18H,4-5,10-16H2,1-3H3,(H,22,25)/t18-/m0/s1. The van der Waals surface area contributed by atoms with Gasteiger partial charge in [0.25, 0.3) is 0 Å². The van der Waals surface area contributed by atoms with Crippen molar-refractivity contribution >= 4 is 5.91 Å². The van der Waals surface area contributed by atoms with Crippen LogP contribution in [0.1, 0.15) is 37.7 Å². The van der Waals surface area contributed by atoms with E-state index in [1.165, 1.54) is 18.4 Å². The highest BCUT2D eigenvalue weighted by Crippen LogP contribution is 2.41. The normalized spacial score (nSPS) is 22.7. The molecule has 0 unspecified atom stereocenters. The fourth-order valence-corrected chi connectivity index (χ4v) is 4.47. The molecule has 1 saturated carbocycles.